The summed E-state index contributed by atoms with van der Waals surface area (Å²) < 4.78 is 0. The van der Waals surface area contributed by atoms with E-state index in [0.29, 0.717) is 5.41 Å². The molecule has 3 aliphatic rings. The largest absolute Gasteiger partial charge is 0.340 e. The molecular weight excluding hydrogens is 242 g/mol. The van der Waals surface area contributed by atoms with Gasteiger partial charge >= 0.3 is 0 Å². The molecule has 1 atom stereocenters. The highest BCUT2D eigenvalue weighted by molar-refractivity contribution is 5.88. The third kappa shape index (κ3) is 2.24. The van der Waals surface area contributed by atoms with Crippen LogP contribution in [0.15, 0.2) is 0 Å². The summed E-state index contributed by atoms with van der Waals surface area (Å²) in [4.78, 5) is 27.7. The highest BCUT2D eigenvalue weighted by Gasteiger charge is 2.48. The second kappa shape index (κ2) is 4.78. The van der Waals surface area contributed by atoms with Gasteiger partial charge in [-0.2, -0.15) is 0 Å². The predicted molar refractivity (Wildman–Crippen MR) is 71.5 cm³/mol. The lowest BCUT2D eigenvalue weighted by Crippen LogP contribution is -2.64. The Hall–Kier alpha value is -1.10. The Morgan fingerprint density at radius 1 is 1.21 bits per heavy atom. The highest BCUT2D eigenvalue weighted by Crippen LogP contribution is 2.39. The van der Waals surface area contributed by atoms with Gasteiger partial charge in [0.1, 0.15) is 6.04 Å². The Kier molecular flexibility index (Phi) is 3.25. The van der Waals surface area contributed by atoms with Crippen molar-refractivity contribution in [3.05, 3.63) is 0 Å². The quantitative estimate of drug-likeness (QED) is 0.737. The summed E-state index contributed by atoms with van der Waals surface area (Å²) in [5.74, 6) is 0.213. The Morgan fingerprint density at radius 2 is 1.89 bits per heavy atom. The average Bonchev–Trinajstić information content (AvgIpc) is 2.85. The molecule has 0 saturated carbocycles. The summed E-state index contributed by atoms with van der Waals surface area (Å²) in [6.45, 7) is 6.26. The lowest BCUT2D eigenvalue weighted by molar-refractivity contribution is -0.153. The van der Waals surface area contributed by atoms with Crippen LogP contribution in [-0.2, 0) is 9.59 Å². The molecule has 0 bridgehead atoms. The van der Waals surface area contributed by atoms with Crippen molar-refractivity contribution in [2.45, 2.75) is 38.6 Å². The van der Waals surface area contributed by atoms with Gasteiger partial charge in [-0.25, -0.2) is 0 Å². The number of amides is 2. The van der Waals surface area contributed by atoms with E-state index in [9.17, 15) is 9.59 Å². The van der Waals surface area contributed by atoms with Crippen molar-refractivity contribution >= 4 is 11.8 Å². The lowest BCUT2D eigenvalue weighted by atomic mass is 9.72. The molecule has 1 spiro atoms. The molecule has 0 aromatic carbocycles. The Labute approximate surface area is 114 Å². The molecule has 3 fully saturated rings. The first-order valence-corrected chi connectivity index (χ1v) is 7.38. The molecule has 5 heteroatoms. The van der Waals surface area contributed by atoms with Crippen molar-refractivity contribution in [1.82, 2.24) is 15.1 Å². The molecule has 5 nitrogen and oxygen atoms in total. The first-order valence-electron chi connectivity index (χ1n) is 7.38. The number of carbonyl (C=O) groups is 2. The Bertz CT molecular complexity index is 382. The van der Waals surface area contributed by atoms with Crippen LogP contribution in [0.4, 0.5) is 0 Å². The van der Waals surface area contributed by atoms with Crippen LogP contribution in [0.1, 0.15) is 32.6 Å². The number of carbonyl (C=O) groups excluding carboxylic acids is 2. The summed E-state index contributed by atoms with van der Waals surface area (Å²) in [7, 11) is 0. The Morgan fingerprint density at radius 3 is 2.53 bits per heavy atom. The van der Waals surface area contributed by atoms with E-state index in [0.717, 1.165) is 45.6 Å². The number of hydrogen-bond donors (Lipinski definition) is 1. The lowest BCUT2D eigenvalue weighted by Gasteiger charge is -2.53. The van der Waals surface area contributed by atoms with Crippen LogP contribution < -0.4 is 5.32 Å². The van der Waals surface area contributed by atoms with Crippen LogP contribution in [-0.4, -0.2) is 60.4 Å². The molecule has 2 amide bonds. The third-order valence-corrected chi connectivity index (χ3v) is 4.97. The summed E-state index contributed by atoms with van der Waals surface area (Å²) in [5, 5.41) is 3.37. The average molecular weight is 265 g/mol. The molecule has 3 heterocycles. The summed E-state index contributed by atoms with van der Waals surface area (Å²) in [5.41, 5.74) is 0.376. The minimum atomic E-state index is -0.184. The fourth-order valence-electron chi connectivity index (χ4n) is 3.80. The summed E-state index contributed by atoms with van der Waals surface area (Å²) >= 11 is 0. The van der Waals surface area contributed by atoms with Gasteiger partial charge < -0.3 is 15.1 Å². The van der Waals surface area contributed by atoms with E-state index in [-0.39, 0.29) is 17.9 Å². The molecule has 1 N–H and O–H groups in total. The number of likely N-dealkylation sites (tertiary alicyclic amines) is 2. The van der Waals surface area contributed by atoms with Gasteiger partial charge in [-0.05, 0) is 38.8 Å². The second-order valence-electron chi connectivity index (χ2n) is 6.31. The maximum Gasteiger partial charge on any atom is 0.245 e. The number of piperidine rings is 1. The van der Waals surface area contributed by atoms with Gasteiger partial charge in [0.15, 0.2) is 0 Å². The molecule has 3 aliphatic heterocycles. The van der Waals surface area contributed by atoms with Gasteiger partial charge in [-0.3, -0.25) is 9.59 Å². The third-order valence-electron chi connectivity index (χ3n) is 4.97. The maximum atomic E-state index is 12.5. The minimum Gasteiger partial charge on any atom is -0.340 e. The highest BCUT2D eigenvalue weighted by atomic mass is 16.2. The molecule has 0 unspecified atom stereocenters. The van der Waals surface area contributed by atoms with E-state index >= 15 is 0 Å². The predicted octanol–water partition coefficient (Wildman–Crippen LogP) is 0.209. The summed E-state index contributed by atoms with van der Waals surface area (Å²) in [6, 6.07) is -0.184. The van der Waals surface area contributed by atoms with Crippen LogP contribution in [0.3, 0.4) is 0 Å². The molecule has 0 aliphatic carbocycles. The van der Waals surface area contributed by atoms with Gasteiger partial charge in [0.2, 0.25) is 11.8 Å². The smallest absolute Gasteiger partial charge is 0.245 e. The monoisotopic (exact) mass is 265 g/mol. The van der Waals surface area contributed by atoms with Crippen LogP contribution in [0.2, 0.25) is 0 Å². The molecule has 0 aromatic heterocycles. The maximum absolute atomic E-state index is 12.5. The van der Waals surface area contributed by atoms with Gasteiger partial charge in [0, 0.05) is 32.0 Å². The molecule has 0 aromatic rings. The second-order valence-corrected chi connectivity index (χ2v) is 6.31. The van der Waals surface area contributed by atoms with E-state index < -0.39 is 0 Å². The van der Waals surface area contributed by atoms with E-state index in [4.69, 9.17) is 0 Å². The zero-order valence-electron chi connectivity index (χ0n) is 11.7. The molecular formula is C14H23N3O2. The fraction of sp³-hybridized carbons (Fsp3) is 0.857. The van der Waals surface area contributed by atoms with Crippen molar-refractivity contribution in [1.29, 1.82) is 0 Å². The van der Waals surface area contributed by atoms with Gasteiger partial charge in [0.25, 0.3) is 0 Å². The zero-order chi connectivity index (χ0) is 13.5. The SMILES string of the molecule is CC(=O)N1CCC[C@@H]1C(=O)N1CC2(CCNCC2)C1. The van der Waals surface area contributed by atoms with Crippen molar-refractivity contribution in [2.75, 3.05) is 32.7 Å². The number of hydrogen-bond acceptors (Lipinski definition) is 3. The summed E-state index contributed by atoms with van der Waals surface area (Å²) in [6.07, 6.45) is 4.15. The number of nitrogens with zero attached hydrogens (tertiary/aromatic N) is 2. The minimum absolute atomic E-state index is 0.0351. The first-order chi connectivity index (χ1) is 9.11. The normalized spacial score (nSPS) is 29.4. The Balaban J connectivity index is 1.59. The van der Waals surface area contributed by atoms with E-state index in [1.807, 2.05) is 4.90 Å². The van der Waals surface area contributed by atoms with Gasteiger partial charge in [0.05, 0.1) is 0 Å². The molecule has 106 valence electrons. The molecule has 3 saturated heterocycles. The van der Waals surface area contributed by atoms with Crippen molar-refractivity contribution in [2.24, 2.45) is 5.41 Å². The molecule has 3 rings (SSSR count). The fourth-order valence-corrected chi connectivity index (χ4v) is 3.80. The molecule has 19 heavy (non-hydrogen) atoms. The standard InChI is InChI=1S/C14H23N3O2/c1-11(18)17-8-2-3-12(17)13(19)16-9-14(10-16)4-6-15-7-5-14/h12,15H,2-10H2,1H3/t12-/m1/s1. The van der Waals surface area contributed by atoms with E-state index in [2.05, 4.69) is 5.32 Å². The van der Waals surface area contributed by atoms with Crippen molar-refractivity contribution in [3.63, 3.8) is 0 Å². The van der Waals surface area contributed by atoms with Crippen molar-refractivity contribution < 1.29 is 9.59 Å². The van der Waals surface area contributed by atoms with Crippen LogP contribution in [0, 0.1) is 5.41 Å². The van der Waals surface area contributed by atoms with Crippen molar-refractivity contribution in [3.8, 4) is 0 Å². The molecule has 0 radical (unpaired) electrons. The van der Waals surface area contributed by atoms with Crippen LogP contribution in [0.5, 0.6) is 0 Å². The van der Waals surface area contributed by atoms with Crippen LogP contribution >= 0.6 is 0 Å². The topological polar surface area (TPSA) is 52.7 Å². The number of nitrogens with one attached hydrogen (secondary N) is 1. The van der Waals surface area contributed by atoms with Gasteiger partial charge in [-0.15, -0.1) is 0 Å². The zero-order valence-corrected chi connectivity index (χ0v) is 11.7. The van der Waals surface area contributed by atoms with Crippen LogP contribution in [0.25, 0.3) is 0 Å². The first kappa shape index (κ1) is 12.9. The number of rotatable bonds is 1. The van der Waals surface area contributed by atoms with Gasteiger partial charge in [-0.1, -0.05) is 0 Å². The van der Waals surface area contributed by atoms with E-state index in [1.165, 1.54) is 12.8 Å². The van der Waals surface area contributed by atoms with E-state index in [1.54, 1.807) is 11.8 Å².